The number of halogens is 3. The van der Waals surface area contributed by atoms with Crippen LogP contribution >= 0.6 is 11.6 Å². The first-order valence-corrected chi connectivity index (χ1v) is 6.05. The summed E-state index contributed by atoms with van der Waals surface area (Å²) in [6.07, 6.45) is 0.887. The molecule has 1 heterocycles. The summed E-state index contributed by atoms with van der Waals surface area (Å²) in [7, 11) is 0. The van der Waals surface area contributed by atoms with Crippen molar-refractivity contribution in [3.8, 4) is 0 Å². The third kappa shape index (κ3) is 2.62. The number of hydrogen-bond donors (Lipinski definition) is 2. The standard InChI is InChI=1S/C12H13ClF2N2O/c1-6-2-3-16-10(6)12(18)17-11-8(13)4-7(14)5-9(11)15/h4-6,10,16H,2-3H2,1H3,(H,17,18). The van der Waals surface area contributed by atoms with Gasteiger partial charge in [-0.15, -0.1) is 0 Å². The number of anilines is 1. The fourth-order valence-corrected chi connectivity index (χ4v) is 2.29. The van der Waals surface area contributed by atoms with Crippen LogP contribution in [0.1, 0.15) is 13.3 Å². The molecule has 2 unspecified atom stereocenters. The van der Waals surface area contributed by atoms with Crippen molar-refractivity contribution in [1.29, 1.82) is 0 Å². The van der Waals surface area contributed by atoms with E-state index >= 15 is 0 Å². The number of nitrogens with one attached hydrogen (secondary N) is 2. The van der Waals surface area contributed by atoms with Crippen LogP contribution in [0.4, 0.5) is 14.5 Å². The molecule has 1 aliphatic heterocycles. The van der Waals surface area contributed by atoms with Crippen molar-refractivity contribution in [3.05, 3.63) is 28.8 Å². The Kier molecular flexibility index (Phi) is 3.82. The molecule has 1 aromatic carbocycles. The fourth-order valence-electron chi connectivity index (χ4n) is 2.05. The van der Waals surface area contributed by atoms with E-state index in [2.05, 4.69) is 10.6 Å². The minimum absolute atomic E-state index is 0.147. The molecule has 0 spiro atoms. The van der Waals surface area contributed by atoms with Gasteiger partial charge in [-0.25, -0.2) is 8.78 Å². The Balaban J connectivity index is 2.17. The summed E-state index contributed by atoms with van der Waals surface area (Å²) in [5.74, 6) is -1.83. The maximum absolute atomic E-state index is 13.5. The molecule has 2 atom stereocenters. The first-order chi connectivity index (χ1) is 8.49. The van der Waals surface area contributed by atoms with E-state index in [1.807, 2.05) is 6.92 Å². The van der Waals surface area contributed by atoms with Gasteiger partial charge in [0.05, 0.1) is 16.8 Å². The molecule has 0 aromatic heterocycles. The molecule has 1 saturated heterocycles. The predicted octanol–water partition coefficient (Wildman–Crippen LogP) is 2.55. The number of hydrogen-bond acceptors (Lipinski definition) is 2. The Labute approximate surface area is 109 Å². The van der Waals surface area contributed by atoms with Crippen molar-refractivity contribution >= 4 is 23.2 Å². The molecule has 1 aromatic rings. The van der Waals surface area contributed by atoms with Crippen LogP contribution in [-0.4, -0.2) is 18.5 Å². The predicted molar refractivity (Wildman–Crippen MR) is 65.6 cm³/mol. The molecule has 1 amide bonds. The minimum atomic E-state index is -0.876. The highest BCUT2D eigenvalue weighted by atomic mass is 35.5. The van der Waals surface area contributed by atoms with Crippen molar-refractivity contribution in [1.82, 2.24) is 5.32 Å². The molecule has 1 aliphatic rings. The summed E-state index contributed by atoms with van der Waals surface area (Å²) in [4.78, 5) is 11.9. The normalized spacial score (nSPS) is 23.1. The number of carbonyl (C=O) groups is 1. The zero-order valence-corrected chi connectivity index (χ0v) is 10.5. The summed E-state index contributed by atoms with van der Waals surface area (Å²) < 4.78 is 26.4. The van der Waals surface area contributed by atoms with Crippen molar-refractivity contribution in [2.24, 2.45) is 5.92 Å². The number of amides is 1. The topological polar surface area (TPSA) is 41.1 Å². The van der Waals surface area contributed by atoms with E-state index in [-0.39, 0.29) is 28.6 Å². The van der Waals surface area contributed by atoms with E-state index in [0.29, 0.717) is 6.07 Å². The molecule has 6 heteroatoms. The van der Waals surface area contributed by atoms with Crippen LogP contribution in [0.2, 0.25) is 5.02 Å². The molecule has 1 fully saturated rings. The van der Waals surface area contributed by atoms with Crippen LogP contribution in [0.3, 0.4) is 0 Å². The lowest BCUT2D eigenvalue weighted by Crippen LogP contribution is -2.39. The van der Waals surface area contributed by atoms with Crippen LogP contribution in [0, 0.1) is 17.6 Å². The summed E-state index contributed by atoms with van der Waals surface area (Å²) >= 11 is 5.71. The number of carbonyl (C=O) groups excluding carboxylic acids is 1. The first-order valence-electron chi connectivity index (χ1n) is 5.68. The third-order valence-corrected chi connectivity index (χ3v) is 3.37. The lowest BCUT2D eigenvalue weighted by molar-refractivity contribution is -0.118. The van der Waals surface area contributed by atoms with Crippen molar-refractivity contribution < 1.29 is 13.6 Å². The van der Waals surface area contributed by atoms with Crippen LogP contribution in [0.25, 0.3) is 0 Å². The Morgan fingerprint density at radius 3 is 2.78 bits per heavy atom. The van der Waals surface area contributed by atoms with Crippen molar-refractivity contribution in [2.45, 2.75) is 19.4 Å². The average Bonchev–Trinajstić information content (AvgIpc) is 2.69. The zero-order valence-electron chi connectivity index (χ0n) is 9.77. The van der Waals surface area contributed by atoms with Crippen LogP contribution in [0.5, 0.6) is 0 Å². The summed E-state index contributed by atoms with van der Waals surface area (Å²) in [5, 5.41) is 5.28. The summed E-state index contributed by atoms with van der Waals surface area (Å²) in [6, 6.07) is 1.28. The molecule has 2 N–H and O–H groups in total. The second-order valence-corrected chi connectivity index (χ2v) is 4.84. The first kappa shape index (κ1) is 13.2. The van der Waals surface area contributed by atoms with Gasteiger partial charge in [-0.3, -0.25) is 4.79 Å². The molecule has 98 valence electrons. The molecule has 3 nitrogen and oxygen atoms in total. The van der Waals surface area contributed by atoms with Crippen LogP contribution < -0.4 is 10.6 Å². The molecule has 0 radical (unpaired) electrons. The van der Waals surface area contributed by atoms with Gasteiger partial charge in [0.25, 0.3) is 0 Å². The summed E-state index contributed by atoms with van der Waals surface area (Å²) in [6.45, 7) is 2.69. The monoisotopic (exact) mass is 274 g/mol. The van der Waals surface area contributed by atoms with Gasteiger partial charge in [-0.05, 0) is 24.9 Å². The van der Waals surface area contributed by atoms with Gasteiger partial charge in [-0.2, -0.15) is 0 Å². The molecule has 0 aliphatic carbocycles. The quantitative estimate of drug-likeness (QED) is 0.870. The smallest absolute Gasteiger partial charge is 0.241 e. The van der Waals surface area contributed by atoms with Crippen LogP contribution in [-0.2, 0) is 4.79 Å². The molecular formula is C12H13ClF2N2O. The average molecular weight is 275 g/mol. The molecule has 2 rings (SSSR count). The van der Waals surface area contributed by atoms with E-state index in [0.717, 1.165) is 19.0 Å². The molecule has 18 heavy (non-hydrogen) atoms. The molecule has 0 saturated carbocycles. The Morgan fingerprint density at radius 2 is 2.22 bits per heavy atom. The second kappa shape index (κ2) is 5.20. The van der Waals surface area contributed by atoms with E-state index < -0.39 is 11.6 Å². The van der Waals surface area contributed by atoms with Crippen LogP contribution in [0.15, 0.2) is 12.1 Å². The Morgan fingerprint density at radius 1 is 1.50 bits per heavy atom. The van der Waals surface area contributed by atoms with Gasteiger partial charge in [-0.1, -0.05) is 18.5 Å². The van der Waals surface area contributed by atoms with E-state index in [9.17, 15) is 13.6 Å². The summed E-state index contributed by atoms with van der Waals surface area (Å²) in [5.41, 5.74) is -0.177. The highest BCUT2D eigenvalue weighted by Gasteiger charge is 2.30. The minimum Gasteiger partial charge on any atom is -0.321 e. The highest BCUT2D eigenvalue weighted by molar-refractivity contribution is 6.33. The van der Waals surface area contributed by atoms with Gasteiger partial charge in [0.15, 0.2) is 5.82 Å². The van der Waals surface area contributed by atoms with E-state index in [1.165, 1.54) is 0 Å². The number of benzene rings is 1. The second-order valence-electron chi connectivity index (χ2n) is 4.43. The van der Waals surface area contributed by atoms with Gasteiger partial charge >= 0.3 is 0 Å². The van der Waals surface area contributed by atoms with Crippen molar-refractivity contribution in [3.63, 3.8) is 0 Å². The lowest BCUT2D eigenvalue weighted by Gasteiger charge is -2.16. The van der Waals surface area contributed by atoms with E-state index in [4.69, 9.17) is 11.6 Å². The largest absolute Gasteiger partial charge is 0.321 e. The van der Waals surface area contributed by atoms with Gasteiger partial charge in [0, 0.05) is 6.07 Å². The number of rotatable bonds is 2. The highest BCUT2D eigenvalue weighted by Crippen LogP contribution is 2.27. The van der Waals surface area contributed by atoms with Gasteiger partial charge in [0.2, 0.25) is 5.91 Å². The third-order valence-electron chi connectivity index (χ3n) is 3.07. The maximum atomic E-state index is 13.5. The maximum Gasteiger partial charge on any atom is 0.241 e. The molecule has 0 bridgehead atoms. The lowest BCUT2D eigenvalue weighted by atomic mass is 10.0. The zero-order chi connectivity index (χ0) is 13.3. The Bertz CT molecular complexity index is 458. The SMILES string of the molecule is CC1CCNC1C(=O)Nc1c(F)cc(F)cc1Cl. The molecular weight excluding hydrogens is 262 g/mol. The van der Waals surface area contributed by atoms with Gasteiger partial charge < -0.3 is 10.6 Å². The van der Waals surface area contributed by atoms with Gasteiger partial charge in [0.1, 0.15) is 5.82 Å². The van der Waals surface area contributed by atoms with E-state index in [1.54, 1.807) is 0 Å². The van der Waals surface area contributed by atoms with Crippen molar-refractivity contribution in [2.75, 3.05) is 11.9 Å². The fraction of sp³-hybridized carbons (Fsp3) is 0.417. The Hall–Kier alpha value is -1.20.